The monoisotopic (exact) mass is 221 g/mol. The molecule has 0 saturated carbocycles. The highest BCUT2D eigenvalue weighted by atomic mass is 16.4. The van der Waals surface area contributed by atoms with Gasteiger partial charge in [-0.3, -0.25) is 0 Å². The number of rotatable bonds is 3. The van der Waals surface area contributed by atoms with Gasteiger partial charge in [0.05, 0.1) is 13.2 Å². The van der Waals surface area contributed by atoms with Gasteiger partial charge in [-0.05, 0) is 23.6 Å². The van der Waals surface area contributed by atoms with Crippen LogP contribution < -0.4 is 10.6 Å². The molecule has 1 aliphatic rings. The lowest BCUT2D eigenvalue weighted by Gasteiger charge is -2.18. The molecule has 0 atom stereocenters. The zero-order valence-corrected chi connectivity index (χ0v) is 8.93. The Balaban J connectivity index is 2.23. The predicted molar refractivity (Wildman–Crippen MR) is 61.7 cm³/mol. The summed E-state index contributed by atoms with van der Waals surface area (Å²) in [5, 5.41) is 20.6. The second-order valence-electron chi connectivity index (χ2n) is 3.88. The van der Waals surface area contributed by atoms with Crippen LogP contribution in [0.1, 0.15) is 11.1 Å². The largest absolute Gasteiger partial charge is 0.409 e. The Labute approximate surface area is 93.8 Å². The molecule has 0 spiro atoms. The van der Waals surface area contributed by atoms with Gasteiger partial charge in [-0.2, -0.15) is 0 Å². The number of benzene rings is 1. The summed E-state index contributed by atoms with van der Waals surface area (Å²) in [5.74, 6) is 0.197. The van der Waals surface area contributed by atoms with E-state index in [-0.39, 0.29) is 12.4 Å². The molecule has 86 valence electrons. The lowest BCUT2D eigenvalue weighted by Crippen LogP contribution is -2.32. The quantitative estimate of drug-likeness (QED) is 0.296. The number of aliphatic hydroxyl groups excluding tert-OH is 1. The van der Waals surface area contributed by atoms with Gasteiger partial charge in [-0.15, -0.1) is 0 Å². The number of nitrogens with zero attached hydrogens (tertiary/aromatic N) is 2. The van der Waals surface area contributed by atoms with Crippen LogP contribution in [0.5, 0.6) is 0 Å². The zero-order valence-electron chi connectivity index (χ0n) is 8.93. The van der Waals surface area contributed by atoms with Crippen molar-refractivity contribution in [2.45, 2.75) is 13.0 Å². The van der Waals surface area contributed by atoms with E-state index in [1.165, 1.54) is 5.56 Å². The molecule has 1 aromatic rings. The lowest BCUT2D eigenvalue weighted by atomic mass is 10.1. The van der Waals surface area contributed by atoms with Crippen molar-refractivity contribution in [1.29, 1.82) is 0 Å². The van der Waals surface area contributed by atoms with E-state index >= 15 is 0 Å². The van der Waals surface area contributed by atoms with Crippen LogP contribution in [0.4, 0.5) is 5.69 Å². The zero-order chi connectivity index (χ0) is 11.5. The van der Waals surface area contributed by atoms with E-state index in [0.29, 0.717) is 6.54 Å². The third-order valence-electron chi connectivity index (χ3n) is 2.81. The lowest BCUT2D eigenvalue weighted by molar-refractivity contribution is 0.282. The van der Waals surface area contributed by atoms with Crippen LogP contribution >= 0.6 is 0 Å². The highest BCUT2D eigenvalue weighted by molar-refractivity contribution is 5.85. The molecule has 1 aromatic carbocycles. The van der Waals surface area contributed by atoms with E-state index in [4.69, 9.17) is 16.0 Å². The normalized spacial score (nSPS) is 15.3. The summed E-state index contributed by atoms with van der Waals surface area (Å²) in [6, 6.07) is 5.89. The van der Waals surface area contributed by atoms with Crippen LogP contribution in [0, 0.1) is 0 Å². The number of hydrogen-bond acceptors (Lipinski definition) is 4. The summed E-state index contributed by atoms with van der Waals surface area (Å²) >= 11 is 0. The summed E-state index contributed by atoms with van der Waals surface area (Å²) in [7, 11) is 0. The van der Waals surface area contributed by atoms with Gasteiger partial charge in [0.15, 0.2) is 5.84 Å². The first-order valence-corrected chi connectivity index (χ1v) is 5.18. The van der Waals surface area contributed by atoms with Crippen molar-refractivity contribution in [2.24, 2.45) is 10.9 Å². The average Bonchev–Trinajstić information content (AvgIpc) is 2.71. The van der Waals surface area contributed by atoms with Crippen molar-refractivity contribution < 1.29 is 10.3 Å². The van der Waals surface area contributed by atoms with Gasteiger partial charge < -0.3 is 20.9 Å². The molecule has 2 rings (SSSR count). The summed E-state index contributed by atoms with van der Waals surface area (Å²) in [6.07, 6.45) is 0.958. The second-order valence-corrected chi connectivity index (χ2v) is 3.88. The topological polar surface area (TPSA) is 82.1 Å². The molecule has 4 N–H and O–H groups in total. The fourth-order valence-electron chi connectivity index (χ4n) is 1.98. The Hall–Kier alpha value is -1.75. The van der Waals surface area contributed by atoms with E-state index in [1.807, 2.05) is 23.1 Å². The molecule has 5 nitrogen and oxygen atoms in total. The predicted octanol–water partition coefficient (Wildman–Crippen LogP) is 0.288. The maximum atomic E-state index is 9.08. The molecule has 0 saturated heterocycles. The average molecular weight is 221 g/mol. The molecule has 16 heavy (non-hydrogen) atoms. The van der Waals surface area contributed by atoms with E-state index in [0.717, 1.165) is 24.2 Å². The van der Waals surface area contributed by atoms with Crippen molar-refractivity contribution in [2.75, 3.05) is 18.0 Å². The van der Waals surface area contributed by atoms with E-state index in [2.05, 4.69) is 5.16 Å². The minimum atomic E-state index is 0.0324. The summed E-state index contributed by atoms with van der Waals surface area (Å²) in [6.45, 7) is 1.31. The third kappa shape index (κ3) is 1.94. The molecule has 1 aliphatic heterocycles. The summed E-state index contributed by atoms with van der Waals surface area (Å²) in [4.78, 5) is 2.05. The van der Waals surface area contributed by atoms with E-state index in [9.17, 15) is 0 Å². The fourth-order valence-corrected chi connectivity index (χ4v) is 1.98. The first-order valence-electron chi connectivity index (χ1n) is 5.18. The van der Waals surface area contributed by atoms with Gasteiger partial charge in [0, 0.05) is 12.2 Å². The van der Waals surface area contributed by atoms with Gasteiger partial charge >= 0.3 is 0 Å². The molecule has 0 aromatic heterocycles. The Morgan fingerprint density at radius 3 is 3.00 bits per heavy atom. The van der Waals surface area contributed by atoms with E-state index < -0.39 is 0 Å². The Morgan fingerprint density at radius 2 is 2.31 bits per heavy atom. The Bertz CT molecular complexity index is 418. The van der Waals surface area contributed by atoms with Crippen LogP contribution in [0.25, 0.3) is 0 Å². The van der Waals surface area contributed by atoms with Crippen LogP contribution in [0.3, 0.4) is 0 Å². The highest BCUT2D eigenvalue weighted by Gasteiger charge is 2.19. The molecule has 0 bridgehead atoms. The van der Waals surface area contributed by atoms with Gasteiger partial charge in [0.25, 0.3) is 0 Å². The Kier molecular flexibility index (Phi) is 2.96. The summed E-state index contributed by atoms with van der Waals surface area (Å²) in [5.41, 5.74) is 8.68. The first-order chi connectivity index (χ1) is 7.74. The van der Waals surface area contributed by atoms with Gasteiger partial charge in [0.2, 0.25) is 0 Å². The molecular weight excluding hydrogens is 206 g/mol. The number of aliphatic hydroxyl groups is 1. The van der Waals surface area contributed by atoms with Crippen molar-refractivity contribution in [3.8, 4) is 0 Å². The van der Waals surface area contributed by atoms with Crippen molar-refractivity contribution in [3.05, 3.63) is 29.3 Å². The van der Waals surface area contributed by atoms with Crippen LogP contribution in [-0.4, -0.2) is 29.2 Å². The molecular formula is C11H15N3O2. The fraction of sp³-hybridized carbons (Fsp3) is 0.364. The van der Waals surface area contributed by atoms with Gasteiger partial charge in [-0.25, -0.2) is 0 Å². The second kappa shape index (κ2) is 4.40. The minimum absolute atomic E-state index is 0.0324. The SMILES string of the molecule is NC(CN1CCc2ccc(CO)cc21)=NO. The van der Waals surface area contributed by atoms with Crippen LogP contribution in [-0.2, 0) is 13.0 Å². The van der Waals surface area contributed by atoms with E-state index in [1.54, 1.807) is 0 Å². The smallest absolute Gasteiger partial charge is 0.158 e. The van der Waals surface area contributed by atoms with Crippen molar-refractivity contribution >= 4 is 11.5 Å². The molecule has 0 radical (unpaired) electrons. The van der Waals surface area contributed by atoms with Gasteiger partial charge in [0.1, 0.15) is 0 Å². The molecule has 0 fully saturated rings. The molecule has 1 heterocycles. The number of nitrogens with two attached hydrogens (primary N) is 1. The first kappa shape index (κ1) is 10.8. The number of amidine groups is 1. The standard InChI is InChI=1S/C11H15N3O2/c12-11(13-16)6-14-4-3-9-2-1-8(7-15)5-10(9)14/h1-2,5,15-16H,3-4,6-7H2,(H2,12,13). The Morgan fingerprint density at radius 1 is 1.50 bits per heavy atom. The number of oxime groups is 1. The third-order valence-corrected chi connectivity index (χ3v) is 2.81. The number of anilines is 1. The maximum absolute atomic E-state index is 9.08. The minimum Gasteiger partial charge on any atom is -0.409 e. The van der Waals surface area contributed by atoms with Crippen molar-refractivity contribution in [3.63, 3.8) is 0 Å². The molecule has 5 heteroatoms. The molecule has 0 unspecified atom stereocenters. The molecule has 0 amide bonds. The maximum Gasteiger partial charge on any atom is 0.158 e. The van der Waals surface area contributed by atoms with Crippen LogP contribution in [0.2, 0.25) is 0 Å². The number of fused-ring (bicyclic) bond motifs is 1. The highest BCUT2D eigenvalue weighted by Crippen LogP contribution is 2.28. The van der Waals surface area contributed by atoms with Crippen molar-refractivity contribution in [1.82, 2.24) is 0 Å². The molecule has 0 aliphatic carbocycles. The van der Waals surface area contributed by atoms with Gasteiger partial charge in [-0.1, -0.05) is 17.3 Å². The number of hydrogen-bond donors (Lipinski definition) is 3. The summed E-state index contributed by atoms with van der Waals surface area (Å²) < 4.78 is 0. The van der Waals surface area contributed by atoms with Crippen LogP contribution in [0.15, 0.2) is 23.4 Å².